The molecule has 0 bridgehead atoms. The molecule has 1 amide bonds. The maximum Gasteiger partial charge on any atom is 0.227 e. The zero-order chi connectivity index (χ0) is 15.2. The fourth-order valence-corrected chi connectivity index (χ4v) is 2.26. The van der Waals surface area contributed by atoms with E-state index in [0.717, 1.165) is 11.1 Å². The van der Waals surface area contributed by atoms with Crippen LogP contribution in [-0.2, 0) is 11.2 Å². The molecule has 0 unspecified atom stereocenters. The molecule has 3 nitrogen and oxygen atoms in total. The lowest BCUT2D eigenvalue weighted by molar-refractivity contribution is -0.133. The van der Waals surface area contributed by atoms with Gasteiger partial charge in [0.2, 0.25) is 5.91 Å². The molecule has 0 aliphatic rings. The normalized spacial score (nSPS) is 13.5. The second-order valence-corrected chi connectivity index (χ2v) is 5.26. The molecule has 0 saturated heterocycles. The molecule has 0 aliphatic carbocycles. The first-order chi connectivity index (χ1) is 10.1. The summed E-state index contributed by atoms with van der Waals surface area (Å²) in [5, 5.41) is 10.4. The van der Waals surface area contributed by atoms with E-state index in [1.54, 1.807) is 11.9 Å². The van der Waals surface area contributed by atoms with E-state index in [1.165, 1.54) is 0 Å². The van der Waals surface area contributed by atoms with Crippen molar-refractivity contribution in [3.8, 4) is 0 Å². The fourth-order valence-electron chi connectivity index (χ4n) is 2.26. The van der Waals surface area contributed by atoms with Crippen LogP contribution >= 0.6 is 0 Å². The SMILES string of the molecule is C[C@@H]([C@H](O)c1ccccc1)N(C)C(=O)Cc1ccccc1. The molecule has 21 heavy (non-hydrogen) atoms. The highest BCUT2D eigenvalue weighted by atomic mass is 16.3. The lowest BCUT2D eigenvalue weighted by Crippen LogP contribution is -2.39. The lowest BCUT2D eigenvalue weighted by Gasteiger charge is -2.29. The van der Waals surface area contributed by atoms with Gasteiger partial charge in [0.15, 0.2) is 0 Å². The van der Waals surface area contributed by atoms with Crippen molar-refractivity contribution in [2.75, 3.05) is 7.05 Å². The third kappa shape index (κ3) is 3.92. The van der Waals surface area contributed by atoms with Crippen LogP contribution in [0.25, 0.3) is 0 Å². The summed E-state index contributed by atoms with van der Waals surface area (Å²) < 4.78 is 0. The van der Waals surface area contributed by atoms with Gasteiger partial charge in [0.05, 0.1) is 18.6 Å². The third-order valence-corrected chi connectivity index (χ3v) is 3.80. The molecular formula is C18H21NO2. The molecule has 0 aliphatic heterocycles. The van der Waals surface area contributed by atoms with Crippen molar-refractivity contribution in [3.63, 3.8) is 0 Å². The maximum atomic E-state index is 12.3. The van der Waals surface area contributed by atoms with E-state index < -0.39 is 6.10 Å². The average molecular weight is 283 g/mol. The van der Waals surface area contributed by atoms with Crippen LogP contribution in [0.5, 0.6) is 0 Å². The first kappa shape index (κ1) is 15.3. The van der Waals surface area contributed by atoms with Crippen LogP contribution in [0.3, 0.4) is 0 Å². The molecule has 2 aromatic rings. The van der Waals surface area contributed by atoms with Gasteiger partial charge in [-0.2, -0.15) is 0 Å². The van der Waals surface area contributed by atoms with E-state index in [9.17, 15) is 9.90 Å². The second kappa shape index (κ2) is 7.04. The Kier molecular flexibility index (Phi) is 5.12. The zero-order valence-corrected chi connectivity index (χ0v) is 12.4. The monoisotopic (exact) mass is 283 g/mol. The van der Waals surface area contributed by atoms with Gasteiger partial charge in [-0.25, -0.2) is 0 Å². The number of hydrogen-bond donors (Lipinski definition) is 1. The number of aliphatic hydroxyl groups excluding tert-OH is 1. The smallest absolute Gasteiger partial charge is 0.227 e. The first-order valence-corrected chi connectivity index (χ1v) is 7.12. The Morgan fingerprint density at radius 3 is 2.14 bits per heavy atom. The minimum Gasteiger partial charge on any atom is -0.386 e. The molecule has 0 radical (unpaired) electrons. The van der Waals surface area contributed by atoms with Crippen LogP contribution in [0.15, 0.2) is 60.7 Å². The second-order valence-electron chi connectivity index (χ2n) is 5.26. The Hall–Kier alpha value is -2.13. The number of nitrogens with zero attached hydrogens (tertiary/aromatic N) is 1. The predicted octanol–water partition coefficient (Wildman–Crippen LogP) is 2.81. The number of carbonyl (C=O) groups excluding carboxylic acids is 1. The number of rotatable bonds is 5. The van der Waals surface area contributed by atoms with Crippen LogP contribution in [0.4, 0.5) is 0 Å². The van der Waals surface area contributed by atoms with Crippen molar-refractivity contribution in [1.29, 1.82) is 0 Å². The summed E-state index contributed by atoms with van der Waals surface area (Å²) >= 11 is 0. The van der Waals surface area contributed by atoms with Gasteiger partial charge in [-0.05, 0) is 18.1 Å². The lowest BCUT2D eigenvalue weighted by atomic mass is 10.0. The Balaban J connectivity index is 2.01. The van der Waals surface area contributed by atoms with Gasteiger partial charge < -0.3 is 10.0 Å². The third-order valence-electron chi connectivity index (χ3n) is 3.80. The van der Waals surface area contributed by atoms with Crippen molar-refractivity contribution in [1.82, 2.24) is 4.90 Å². The molecule has 2 rings (SSSR count). The molecule has 1 N–H and O–H groups in total. The fraction of sp³-hybridized carbons (Fsp3) is 0.278. The maximum absolute atomic E-state index is 12.3. The van der Waals surface area contributed by atoms with Gasteiger partial charge in [-0.1, -0.05) is 60.7 Å². The van der Waals surface area contributed by atoms with Crippen LogP contribution in [-0.4, -0.2) is 29.0 Å². The summed E-state index contributed by atoms with van der Waals surface area (Å²) in [4.78, 5) is 13.9. The number of carbonyl (C=O) groups is 1. The van der Waals surface area contributed by atoms with Crippen molar-refractivity contribution in [3.05, 3.63) is 71.8 Å². The molecule has 2 atom stereocenters. The minimum absolute atomic E-state index is 0.00341. The van der Waals surface area contributed by atoms with Gasteiger partial charge >= 0.3 is 0 Å². The summed E-state index contributed by atoms with van der Waals surface area (Å²) in [7, 11) is 1.74. The topological polar surface area (TPSA) is 40.5 Å². The first-order valence-electron chi connectivity index (χ1n) is 7.12. The van der Waals surface area contributed by atoms with Crippen molar-refractivity contribution >= 4 is 5.91 Å². The van der Waals surface area contributed by atoms with Crippen molar-refractivity contribution in [2.45, 2.75) is 25.5 Å². The highest BCUT2D eigenvalue weighted by molar-refractivity contribution is 5.78. The number of aliphatic hydroxyl groups is 1. The van der Waals surface area contributed by atoms with Gasteiger partial charge in [0.1, 0.15) is 0 Å². The summed E-state index contributed by atoms with van der Waals surface area (Å²) in [5.74, 6) is 0.00341. The molecule has 0 aromatic heterocycles. The van der Waals surface area contributed by atoms with Crippen LogP contribution in [0, 0.1) is 0 Å². The van der Waals surface area contributed by atoms with Gasteiger partial charge in [-0.15, -0.1) is 0 Å². The van der Waals surface area contributed by atoms with Crippen molar-refractivity contribution in [2.24, 2.45) is 0 Å². The number of amides is 1. The Labute approximate surface area is 125 Å². The largest absolute Gasteiger partial charge is 0.386 e. The molecule has 110 valence electrons. The van der Waals surface area contributed by atoms with E-state index in [1.807, 2.05) is 67.6 Å². The molecule has 0 fully saturated rings. The summed E-state index contributed by atoms with van der Waals surface area (Å²) in [6.07, 6.45) is -0.334. The number of hydrogen-bond acceptors (Lipinski definition) is 2. The van der Waals surface area contributed by atoms with E-state index in [2.05, 4.69) is 0 Å². The van der Waals surface area contributed by atoms with Crippen LogP contribution in [0.1, 0.15) is 24.2 Å². The minimum atomic E-state index is -0.684. The van der Waals surface area contributed by atoms with E-state index >= 15 is 0 Å². The molecule has 2 aromatic carbocycles. The van der Waals surface area contributed by atoms with E-state index in [4.69, 9.17) is 0 Å². The molecule has 3 heteroatoms. The van der Waals surface area contributed by atoms with Crippen LogP contribution < -0.4 is 0 Å². The average Bonchev–Trinajstić information content (AvgIpc) is 2.54. The highest BCUT2D eigenvalue weighted by Gasteiger charge is 2.23. The predicted molar refractivity (Wildman–Crippen MR) is 83.8 cm³/mol. The standard InChI is InChI=1S/C18H21NO2/c1-14(18(21)16-11-7-4-8-12-16)19(2)17(20)13-15-9-5-3-6-10-15/h3-12,14,18,21H,13H2,1-2H3/t14-,18-/m0/s1. The summed E-state index contributed by atoms with van der Waals surface area (Å²) in [6, 6.07) is 18.8. The van der Waals surface area contributed by atoms with Gasteiger partial charge in [-0.3, -0.25) is 4.79 Å². The van der Waals surface area contributed by atoms with Crippen LogP contribution in [0.2, 0.25) is 0 Å². The zero-order valence-electron chi connectivity index (χ0n) is 12.4. The van der Waals surface area contributed by atoms with E-state index in [0.29, 0.717) is 6.42 Å². The van der Waals surface area contributed by atoms with Gasteiger partial charge in [0.25, 0.3) is 0 Å². The number of likely N-dealkylation sites (N-methyl/N-ethyl adjacent to an activating group) is 1. The quantitative estimate of drug-likeness (QED) is 0.916. The Bertz CT molecular complexity index is 568. The molecule has 0 saturated carbocycles. The van der Waals surface area contributed by atoms with E-state index in [-0.39, 0.29) is 11.9 Å². The highest BCUT2D eigenvalue weighted by Crippen LogP contribution is 2.20. The van der Waals surface area contributed by atoms with Crippen molar-refractivity contribution < 1.29 is 9.90 Å². The summed E-state index contributed by atoms with van der Waals surface area (Å²) in [6.45, 7) is 1.86. The van der Waals surface area contributed by atoms with Gasteiger partial charge in [0, 0.05) is 7.05 Å². The molecule has 0 heterocycles. The Morgan fingerprint density at radius 1 is 1.05 bits per heavy atom. The molecule has 0 spiro atoms. The summed E-state index contributed by atoms with van der Waals surface area (Å²) in [5.41, 5.74) is 1.81. The molecular weight excluding hydrogens is 262 g/mol. The Morgan fingerprint density at radius 2 is 1.57 bits per heavy atom. The number of benzene rings is 2.